The SMILES string of the molecule is Cc1cc(C)cc(C(O)C(CN)c2ccccc2Br)c1. The molecule has 20 heavy (non-hydrogen) atoms. The molecule has 106 valence electrons. The van der Waals surface area contributed by atoms with E-state index in [1.807, 2.05) is 50.2 Å². The number of halogens is 1. The van der Waals surface area contributed by atoms with E-state index in [4.69, 9.17) is 5.73 Å². The smallest absolute Gasteiger partial charge is 0.0871 e. The maximum absolute atomic E-state index is 10.7. The van der Waals surface area contributed by atoms with Gasteiger partial charge < -0.3 is 10.8 Å². The van der Waals surface area contributed by atoms with Crippen molar-refractivity contribution in [3.8, 4) is 0 Å². The summed E-state index contributed by atoms with van der Waals surface area (Å²) in [6, 6.07) is 14.1. The summed E-state index contributed by atoms with van der Waals surface area (Å²) in [5.41, 5.74) is 10.2. The molecule has 2 nitrogen and oxygen atoms in total. The van der Waals surface area contributed by atoms with Crippen LogP contribution >= 0.6 is 15.9 Å². The first-order chi connectivity index (χ1) is 9.52. The maximum atomic E-state index is 10.7. The van der Waals surface area contributed by atoms with Crippen LogP contribution < -0.4 is 5.73 Å². The van der Waals surface area contributed by atoms with E-state index in [0.717, 1.165) is 26.7 Å². The zero-order valence-electron chi connectivity index (χ0n) is 11.8. The van der Waals surface area contributed by atoms with Crippen molar-refractivity contribution in [1.29, 1.82) is 0 Å². The van der Waals surface area contributed by atoms with Crippen LogP contribution in [0.3, 0.4) is 0 Å². The molecule has 0 aromatic heterocycles. The summed E-state index contributed by atoms with van der Waals surface area (Å²) in [7, 11) is 0. The molecule has 0 heterocycles. The van der Waals surface area contributed by atoms with Crippen LogP contribution in [0.2, 0.25) is 0 Å². The Morgan fingerprint density at radius 2 is 1.70 bits per heavy atom. The first-order valence-corrected chi connectivity index (χ1v) is 7.53. The first-order valence-electron chi connectivity index (χ1n) is 6.73. The van der Waals surface area contributed by atoms with E-state index in [1.54, 1.807) is 0 Å². The number of aryl methyl sites for hydroxylation is 2. The van der Waals surface area contributed by atoms with Gasteiger partial charge in [-0.3, -0.25) is 0 Å². The average Bonchev–Trinajstić information content (AvgIpc) is 2.40. The van der Waals surface area contributed by atoms with Crippen molar-refractivity contribution in [2.24, 2.45) is 5.73 Å². The molecule has 3 N–H and O–H groups in total. The zero-order chi connectivity index (χ0) is 14.7. The quantitative estimate of drug-likeness (QED) is 0.892. The lowest BCUT2D eigenvalue weighted by molar-refractivity contribution is 0.147. The van der Waals surface area contributed by atoms with Crippen molar-refractivity contribution in [2.45, 2.75) is 25.9 Å². The number of aliphatic hydroxyl groups excluding tert-OH is 1. The Morgan fingerprint density at radius 3 is 2.25 bits per heavy atom. The zero-order valence-corrected chi connectivity index (χ0v) is 13.4. The lowest BCUT2D eigenvalue weighted by Gasteiger charge is -2.24. The van der Waals surface area contributed by atoms with E-state index >= 15 is 0 Å². The molecule has 0 aliphatic heterocycles. The Bertz CT molecular complexity index is 577. The van der Waals surface area contributed by atoms with Gasteiger partial charge in [0, 0.05) is 16.9 Å². The second-order valence-corrected chi connectivity index (χ2v) is 6.08. The van der Waals surface area contributed by atoms with E-state index in [-0.39, 0.29) is 5.92 Å². The molecule has 0 amide bonds. The fraction of sp³-hybridized carbons (Fsp3) is 0.294. The molecule has 2 rings (SSSR count). The van der Waals surface area contributed by atoms with E-state index in [2.05, 4.69) is 22.0 Å². The second kappa shape index (κ2) is 6.53. The van der Waals surface area contributed by atoms with Gasteiger partial charge in [0.1, 0.15) is 0 Å². The minimum atomic E-state index is -0.600. The maximum Gasteiger partial charge on any atom is 0.0871 e. The minimum absolute atomic E-state index is 0.119. The van der Waals surface area contributed by atoms with Crippen molar-refractivity contribution in [1.82, 2.24) is 0 Å². The first kappa shape index (κ1) is 15.2. The molecule has 0 aliphatic rings. The second-order valence-electron chi connectivity index (χ2n) is 5.23. The molecule has 0 aliphatic carbocycles. The molecule has 0 saturated heterocycles. The molecule has 2 aromatic carbocycles. The van der Waals surface area contributed by atoms with Gasteiger partial charge in [-0.1, -0.05) is 63.5 Å². The molecule has 3 heteroatoms. The van der Waals surface area contributed by atoms with Gasteiger partial charge in [-0.15, -0.1) is 0 Å². The number of aliphatic hydroxyl groups is 1. The van der Waals surface area contributed by atoms with Crippen molar-refractivity contribution < 1.29 is 5.11 Å². The van der Waals surface area contributed by atoms with Crippen LogP contribution in [-0.4, -0.2) is 11.7 Å². The fourth-order valence-corrected chi connectivity index (χ4v) is 3.19. The Kier molecular flexibility index (Phi) is 4.97. The fourth-order valence-electron chi connectivity index (χ4n) is 2.61. The molecular weight excluding hydrogens is 314 g/mol. The molecule has 2 unspecified atom stereocenters. The summed E-state index contributed by atoms with van der Waals surface area (Å²) < 4.78 is 0.985. The highest BCUT2D eigenvalue weighted by Gasteiger charge is 2.23. The summed E-state index contributed by atoms with van der Waals surface area (Å²) in [6.07, 6.45) is -0.600. The average molecular weight is 334 g/mol. The third kappa shape index (κ3) is 3.29. The standard InChI is InChI=1S/C17H20BrNO/c1-11-7-12(2)9-13(8-11)17(20)15(10-19)14-5-3-4-6-16(14)18/h3-9,15,17,20H,10,19H2,1-2H3. The number of rotatable bonds is 4. The monoisotopic (exact) mass is 333 g/mol. The van der Waals surface area contributed by atoms with Gasteiger partial charge in [-0.05, 0) is 31.0 Å². The van der Waals surface area contributed by atoms with Crippen molar-refractivity contribution in [2.75, 3.05) is 6.54 Å². The van der Waals surface area contributed by atoms with Crippen LogP contribution in [0.1, 0.15) is 34.3 Å². The van der Waals surface area contributed by atoms with Crippen LogP contribution in [0.5, 0.6) is 0 Å². The van der Waals surface area contributed by atoms with E-state index in [0.29, 0.717) is 6.54 Å². The Hall–Kier alpha value is -1.16. The lowest BCUT2D eigenvalue weighted by Crippen LogP contribution is -2.20. The summed E-state index contributed by atoms with van der Waals surface area (Å²) >= 11 is 3.54. The normalized spacial score (nSPS) is 14.1. The summed E-state index contributed by atoms with van der Waals surface area (Å²) in [6.45, 7) is 4.48. The van der Waals surface area contributed by atoms with Gasteiger partial charge in [-0.2, -0.15) is 0 Å². The molecule has 0 fully saturated rings. The third-order valence-electron chi connectivity index (χ3n) is 3.53. The van der Waals surface area contributed by atoms with Crippen molar-refractivity contribution >= 4 is 15.9 Å². The number of hydrogen-bond donors (Lipinski definition) is 2. The number of benzene rings is 2. The topological polar surface area (TPSA) is 46.2 Å². The van der Waals surface area contributed by atoms with Gasteiger partial charge in [0.05, 0.1) is 6.10 Å². The number of nitrogens with two attached hydrogens (primary N) is 1. The van der Waals surface area contributed by atoms with Crippen LogP contribution in [0.25, 0.3) is 0 Å². The van der Waals surface area contributed by atoms with Gasteiger partial charge in [0.25, 0.3) is 0 Å². The highest BCUT2D eigenvalue weighted by atomic mass is 79.9. The minimum Gasteiger partial charge on any atom is -0.388 e. The molecule has 0 bridgehead atoms. The summed E-state index contributed by atoms with van der Waals surface area (Å²) in [5.74, 6) is -0.119. The number of hydrogen-bond acceptors (Lipinski definition) is 2. The molecule has 2 atom stereocenters. The van der Waals surface area contributed by atoms with E-state index in [9.17, 15) is 5.11 Å². The van der Waals surface area contributed by atoms with Crippen LogP contribution in [0.4, 0.5) is 0 Å². The van der Waals surface area contributed by atoms with Crippen LogP contribution in [0, 0.1) is 13.8 Å². The van der Waals surface area contributed by atoms with Gasteiger partial charge in [0.2, 0.25) is 0 Å². The van der Waals surface area contributed by atoms with Crippen molar-refractivity contribution in [3.05, 3.63) is 69.2 Å². The van der Waals surface area contributed by atoms with Gasteiger partial charge in [0.15, 0.2) is 0 Å². The summed E-state index contributed by atoms with van der Waals surface area (Å²) in [5, 5.41) is 10.7. The van der Waals surface area contributed by atoms with Gasteiger partial charge >= 0.3 is 0 Å². The van der Waals surface area contributed by atoms with E-state index < -0.39 is 6.10 Å². The largest absolute Gasteiger partial charge is 0.388 e. The van der Waals surface area contributed by atoms with Crippen LogP contribution in [-0.2, 0) is 0 Å². The van der Waals surface area contributed by atoms with Crippen molar-refractivity contribution in [3.63, 3.8) is 0 Å². The Labute approximate surface area is 128 Å². The Morgan fingerprint density at radius 1 is 1.10 bits per heavy atom. The predicted molar refractivity (Wildman–Crippen MR) is 86.8 cm³/mol. The molecule has 0 radical (unpaired) electrons. The van der Waals surface area contributed by atoms with Crippen LogP contribution in [0.15, 0.2) is 46.9 Å². The lowest BCUT2D eigenvalue weighted by atomic mass is 9.88. The molecule has 2 aromatic rings. The highest BCUT2D eigenvalue weighted by molar-refractivity contribution is 9.10. The third-order valence-corrected chi connectivity index (χ3v) is 4.25. The summed E-state index contributed by atoms with van der Waals surface area (Å²) in [4.78, 5) is 0. The molecule has 0 spiro atoms. The highest BCUT2D eigenvalue weighted by Crippen LogP contribution is 2.34. The van der Waals surface area contributed by atoms with E-state index in [1.165, 1.54) is 0 Å². The predicted octanol–water partition coefficient (Wildman–Crippen LogP) is 3.84. The molecule has 0 saturated carbocycles. The molecular formula is C17H20BrNO. The van der Waals surface area contributed by atoms with Gasteiger partial charge in [-0.25, -0.2) is 0 Å². The Balaban J connectivity index is 2.39.